The van der Waals surface area contributed by atoms with Gasteiger partial charge in [-0.3, -0.25) is 0 Å². The lowest BCUT2D eigenvalue weighted by molar-refractivity contribution is 0.306. The fraction of sp³-hybridized carbons (Fsp3) is 0.400. The van der Waals surface area contributed by atoms with Gasteiger partial charge in [0.1, 0.15) is 12.4 Å². The van der Waals surface area contributed by atoms with Crippen molar-refractivity contribution in [1.82, 2.24) is 5.32 Å². The van der Waals surface area contributed by atoms with Gasteiger partial charge in [-0.15, -0.1) is 12.4 Å². The highest BCUT2D eigenvalue weighted by atomic mass is 35.5. The number of benzene rings is 2. The third-order valence-electron chi connectivity index (χ3n) is 3.87. The van der Waals surface area contributed by atoms with Gasteiger partial charge in [0.25, 0.3) is 0 Å². The molecule has 5 heteroatoms. The van der Waals surface area contributed by atoms with Crippen molar-refractivity contribution < 1.29 is 4.74 Å². The Bertz CT molecular complexity index is 617. The molecule has 0 radical (unpaired) electrons. The maximum absolute atomic E-state index is 6.15. The zero-order chi connectivity index (χ0) is 17.2. The summed E-state index contributed by atoms with van der Waals surface area (Å²) in [6.07, 6.45) is 5.16. The minimum atomic E-state index is 0. The predicted octanol–water partition coefficient (Wildman–Crippen LogP) is 6.66. The Morgan fingerprint density at radius 3 is 2.40 bits per heavy atom. The topological polar surface area (TPSA) is 21.3 Å². The average molecular weight is 403 g/mol. The fourth-order valence-electron chi connectivity index (χ4n) is 2.41. The molecule has 138 valence electrons. The molecule has 2 nitrogen and oxygen atoms in total. The Morgan fingerprint density at radius 2 is 1.72 bits per heavy atom. The Morgan fingerprint density at radius 1 is 0.960 bits per heavy atom. The van der Waals surface area contributed by atoms with Crippen LogP contribution in [0.2, 0.25) is 10.0 Å². The van der Waals surface area contributed by atoms with Crippen molar-refractivity contribution in [3.8, 4) is 5.75 Å². The van der Waals surface area contributed by atoms with Crippen molar-refractivity contribution >= 4 is 35.6 Å². The minimum Gasteiger partial charge on any atom is -0.489 e. The first-order valence-electron chi connectivity index (χ1n) is 8.55. The van der Waals surface area contributed by atoms with Gasteiger partial charge in [-0.1, -0.05) is 67.6 Å². The molecule has 0 heterocycles. The van der Waals surface area contributed by atoms with E-state index in [1.54, 1.807) is 6.07 Å². The number of hydrogen-bond donors (Lipinski definition) is 1. The van der Waals surface area contributed by atoms with Crippen LogP contribution >= 0.6 is 35.6 Å². The first-order chi connectivity index (χ1) is 11.7. The minimum absolute atomic E-state index is 0. The van der Waals surface area contributed by atoms with E-state index in [0.717, 1.165) is 24.4 Å². The molecule has 0 atom stereocenters. The van der Waals surface area contributed by atoms with E-state index in [1.807, 2.05) is 24.3 Å². The number of halogens is 3. The molecular weight excluding hydrogens is 377 g/mol. The van der Waals surface area contributed by atoms with E-state index in [0.29, 0.717) is 16.7 Å². The van der Waals surface area contributed by atoms with Crippen LogP contribution in [0.3, 0.4) is 0 Å². The van der Waals surface area contributed by atoms with Crippen LogP contribution in [-0.4, -0.2) is 6.54 Å². The van der Waals surface area contributed by atoms with Crippen LogP contribution in [0.1, 0.15) is 43.7 Å². The summed E-state index contributed by atoms with van der Waals surface area (Å²) in [6.45, 7) is 4.64. The van der Waals surface area contributed by atoms with Gasteiger partial charge in [0.15, 0.2) is 0 Å². The van der Waals surface area contributed by atoms with E-state index < -0.39 is 0 Å². The van der Waals surface area contributed by atoms with Crippen LogP contribution in [0.4, 0.5) is 0 Å². The second-order valence-electron chi connectivity index (χ2n) is 5.91. The van der Waals surface area contributed by atoms with Crippen molar-refractivity contribution in [1.29, 1.82) is 0 Å². The van der Waals surface area contributed by atoms with E-state index in [1.165, 1.54) is 31.2 Å². The maximum Gasteiger partial charge on any atom is 0.119 e. The highest BCUT2D eigenvalue weighted by Gasteiger charge is 2.03. The lowest BCUT2D eigenvalue weighted by Gasteiger charge is -2.09. The van der Waals surface area contributed by atoms with E-state index in [4.69, 9.17) is 27.9 Å². The largest absolute Gasteiger partial charge is 0.489 e. The lowest BCUT2D eigenvalue weighted by Crippen LogP contribution is -2.14. The molecule has 25 heavy (non-hydrogen) atoms. The summed E-state index contributed by atoms with van der Waals surface area (Å²) in [7, 11) is 0. The first-order valence-corrected chi connectivity index (χ1v) is 9.31. The molecule has 2 rings (SSSR count). The Kier molecular flexibility index (Phi) is 11.0. The van der Waals surface area contributed by atoms with Crippen LogP contribution < -0.4 is 10.1 Å². The summed E-state index contributed by atoms with van der Waals surface area (Å²) in [5.74, 6) is 0.840. The summed E-state index contributed by atoms with van der Waals surface area (Å²) < 4.78 is 5.79. The predicted molar refractivity (Wildman–Crippen MR) is 110 cm³/mol. The van der Waals surface area contributed by atoms with Crippen LogP contribution in [0.15, 0.2) is 42.5 Å². The molecule has 2 aromatic rings. The highest BCUT2D eigenvalue weighted by Crippen LogP contribution is 2.22. The third kappa shape index (κ3) is 8.33. The quantitative estimate of drug-likeness (QED) is 0.448. The standard InChI is InChI=1S/C20H25Cl2NO.ClH/c1-2-3-4-5-12-23-14-16-6-10-19(11-7-16)24-15-17-8-9-18(21)13-20(17)22;/h6-11,13,23H,2-5,12,14-15H2,1H3;1H. The highest BCUT2D eigenvalue weighted by molar-refractivity contribution is 6.35. The Labute approximate surface area is 167 Å². The van der Waals surface area contributed by atoms with Crippen LogP contribution in [0, 0.1) is 0 Å². The Balaban J connectivity index is 0.00000312. The molecular formula is C20H26Cl3NO. The number of nitrogens with one attached hydrogen (secondary N) is 1. The van der Waals surface area contributed by atoms with Gasteiger partial charge in [0, 0.05) is 22.2 Å². The normalized spacial score (nSPS) is 10.4. The second-order valence-corrected chi connectivity index (χ2v) is 6.75. The lowest BCUT2D eigenvalue weighted by atomic mass is 10.2. The molecule has 0 unspecified atom stereocenters. The summed E-state index contributed by atoms with van der Waals surface area (Å²) in [6, 6.07) is 13.6. The second kappa shape index (κ2) is 12.4. The number of hydrogen-bond acceptors (Lipinski definition) is 2. The molecule has 0 bridgehead atoms. The third-order valence-corrected chi connectivity index (χ3v) is 4.46. The summed E-state index contributed by atoms with van der Waals surface area (Å²) in [4.78, 5) is 0. The van der Waals surface area contributed by atoms with Crippen LogP contribution in [0.25, 0.3) is 0 Å². The molecule has 0 saturated heterocycles. The Hall–Kier alpha value is -0.930. The number of unbranched alkanes of at least 4 members (excludes halogenated alkanes) is 3. The molecule has 0 aliphatic carbocycles. The van der Waals surface area contributed by atoms with E-state index in [-0.39, 0.29) is 12.4 Å². The van der Waals surface area contributed by atoms with Crippen molar-refractivity contribution in [3.05, 3.63) is 63.6 Å². The summed E-state index contributed by atoms with van der Waals surface area (Å²) >= 11 is 12.0. The zero-order valence-corrected chi connectivity index (χ0v) is 16.9. The van der Waals surface area contributed by atoms with Gasteiger partial charge >= 0.3 is 0 Å². The molecule has 0 aromatic heterocycles. The molecule has 2 aromatic carbocycles. The van der Waals surface area contributed by atoms with Gasteiger partial charge in [0.2, 0.25) is 0 Å². The fourth-order valence-corrected chi connectivity index (χ4v) is 2.88. The number of rotatable bonds is 10. The maximum atomic E-state index is 6.15. The van der Waals surface area contributed by atoms with Gasteiger partial charge < -0.3 is 10.1 Å². The van der Waals surface area contributed by atoms with Crippen molar-refractivity contribution in [2.24, 2.45) is 0 Å². The van der Waals surface area contributed by atoms with Gasteiger partial charge in [-0.25, -0.2) is 0 Å². The molecule has 0 fully saturated rings. The molecule has 0 spiro atoms. The summed E-state index contributed by atoms with van der Waals surface area (Å²) in [5.41, 5.74) is 2.20. The van der Waals surface area contributed by atoms with Crippen LogP contribution in [-0.2, 0) is 13.2 Å². The van der Waals surface area contributed by atoms with Crippen molar-refractivity contribution in [3.63, 3.8) is 0 Å². The summed E-state index contributed by atoms with van der Waals surface area (Å²) in [5, 5.41) is 4.75. The van der Waals surface area contributed by atoms with E-state index in [9.17, 15) is 0 Å². The van der Waals surface area contributed by atoms with Gasteiger partial charge in [-0.05, 0) is 42.8 Å². The number of ether oxygens (including phenoxy) is 1. The first kappa shape index (κ1) is 22.1. The smallest absolute Gasteiger partial charge is 0.119 e. The molecule has 0 aliphatic heterocycles. The molecule has 1 N–H and O–H groups in total. The van der Waals surface area contributed by atoms with Gasteiger partial charge in [-0.2, -0.15) is 0 Å². The monoisotopic (exact) mass is 401 g/mol. The van der Waals surface area contributed by atoms with Crippen molar-refractivity contribution in [2.45, 2.75) is 45.8 Å². The van der Waals surface area contributed by atoms with Crippen LogP contribution in [0.5, 0.6) is 5.75 Å². The van der Waals surface area contributed by atoms with E-state index >= 15 is 0 Å². The van der Waals surface area contributed by atoms with E-state index in [2.05, 4.69) is 24.4 Å². The molecule has 0 saturated carbocycles. The molecule has 0 amide bonds. The van der Waals surface area contributed by atoms with Gasteiger partial charge in [0.05, 0.1) is 0 Å². The zero-order valence-electron chi connectivity index (χ0n) is 14.6. The average Bonchev–Trinajstić information content (AvgIpc) is 2.58. The SMILES string of the molecule is CCCCCCNCc1ccc(OCc2ccc(Cl)cc2Cl)cc1.Cl. The van der Waals surface area contributed by atoms with Crippen molar-refractivity contribution in [2.75, 3.05) is 6.54 Å². The molecule has 0 aliphatic rings.